The molecule has 0 amide bonds. The average Bonchev–Trinajstić information content (AvgIpc) is 3.01. The minimum atomic E-state index is -4.85. The predicted molar refractivity (Wildman–Crippen MR) is 81.1 cm³/mol. The van der Waals surface area contributed by atoms with E-state index in [4.69, 9.17) is 0 Å². The lowest BCUT2D eigenvalue weighted by Crippen LogP contribution is -2.10. The summed E-state index contributed by atoms with van der Waals surface area (Å²) in [4.78, 5) is 46.7. The number of esters is 4. The quantitative estimate of drug-likeness (QED) is 0.561. The first-order chi connectivity index (χ1) is 12.6. The van der Waals surface area contributed by atoms with E-state index in [0.29, 0.717) is 6.07 Å². The molecule has 27 heavy (non-hydrogen) atoms. The summed E-state index contributed by atoms with van der Waals surface area (Å²) in [5, 5.41) is 0. The van der Waals surface area contributed by atoms with Gasteiger partial charge in [0.1, 0.15) is 0 Å². The molecule has 0 aliphatic carbocycles. The highest BCUT2D eigenvalue weighted by Crippen LogP contribution is 2.42. The SMILES string of the molecule is Cc1cc2c(cc1-c1cc3c(cc1C(F)(F)F)C(=O)OC3=O)C(=O)OC2=O. The van der Waals surface area contributed by atoms with Gasteiger partial charge in [-0.05, 0) is 47.9 Å². The Balaban J connectivity index is 2.03. The molecule has 0 spiro atoms. The molecule has 0 N–H and O–H groups in total. The van der Waals surface area contributed by atoms with E-state index in [-0.39, 0.29) is 27.8 Å². The van der Waals surface area contributed by atoms with Crippen LogP contribution in [-0.2, 0) is 15.7 Å². The topological polar surface area (TPSA) is 86.7 Å². The molecule has 0 unspecified atom stereocenters. The molecular weight excluding hydrogens is 369 g/mol. The molecule has 4 rings (SSSR count). The number of benzene rings is 2. The number of ether oxygens (including phenoxy) is 2. The lowest BCUT2D eigenvalue weighted by atomic mass is 9.89. The largest absolute Gasteiger partial charge is 0.417 e. The van der Waals surface area contributed by atoms with Crippen LogP contribution in [0, 0.1) is 6.92 Å². The molecule has 0 radical (unpaired) electrons. The average molecular weight is 376 g/mol. The summed E-state index contributed by atoms with van der Waals surface area (Å²) in [6.45, 7) is 1.45. The van der Waals surface area contributed by atoms with Crippen LogP contribution in [0.2, 0.25) is 0 Å². The van der Waals surface area contributed by atoms with E-state index in [1.54, 1.807) is 0 Å². The van der Waals surface area contributed by atoms with Gasteiger partial charge in [0.25, 0.3) is 0 Å². The molecule has 2 heterocycles. The first kappa shape index (κ1) is 17.0. The van der Waals surface area contributed by atoms with E-state index >= 15 is 0 Å². The third-order valence-corrected chi connectivity index (χ3v) is 4.37. The molecule has 9 heteroatoms. The van der Waals surface area contributed by atoms with Gasteiger partial charge < -0.3 is 9.47 Å². The Morgan fingerprint density at radius 3 is 1.52 bits per heavy atom. The van der Waals surface area contributed by atoms with Crippen LogP contribution in [-0.4, -0.2) is 23.9 Å². The first-order valence-corrected chi connectivity index (χ1v) is 7.51. The number of fused-ring (bicyclic) bond motifs is 2. The number of cyclic esters (lactones) is 4. The van der Waals surface area contributed by atoms with Gasteiger partial charge in [0.15, 0.2) is 0 Å². The third kappa shape index (κ3) is 2.42. The molecule has 0 saturated carbocycles. The smallest absolute Gasteiger partial charge is 0.386 e. The second-order valence-electron chi connectivity index (χ2n) is 6.01. The maximum atomic E-state index is 13.6. The van der Waals surface area contributed by atoms with Gasteiger partial charge >= 0.3 is 30.1 Å². The van der Waals surface area contributed by atoms with Crippen LogP contribution in [0.1, 0.15) is 52.6 Å². The van der Waals surface area contributed by atoms with Gasteiger partial charge in [0, 0.05) is 0 Å². The Kier molecular flexibility index (Phi) is 3.30. The Hall–Kier alpha value is -3.49. The van der Waals surface area contributed by atoms with Crippen molar-refractivity contribution in [3.05, 3.63) is 57.6 Å². The van der Waals surface area contributed by atoms with Gasteiger partial charge in [-0.2, -0.15) is 13.2 Å². The van der Waals surface area contributed by atoms with Crippen molar-refractivity contribution >= 4 is 23.9 Å². The number of carbonyl (C=O) groups excluding carboxylic acids is 4. The molecule has 2 aliphatic heterocycles. The zero-order valence-corrected chi connectivity index (χ0v) is 13.4. The van der Waals surface area contributed by atoms with Crippen LogP contribution in [0.5, 0.6) is 0 Å². The van der Waals surface area contributed by atoms with Crippen LogP contribution >= 0.6 is 0 Å². The molecule has 2 aliphatic rings. The second-order valence-corrected chi connectivity index (χ2v) is 6.01. The van der Waals surface area contributed by atoms with Crippen molar-refractivity contribution in [2.45, 2.75) is 13.1 Å². The molecule has 0 bridgehead atoms. The van der Waals surface area contributed by atoms with E-state index in [9.17, 15) is 32.3 Å². The summed E-state index contributed by atoms with van der Waals surface area (Å²) < 4.78 is 49.6. The lowest BCUT2D eigenvalue weighted by Gasteiger charge is -2.16. The normalized spacial score (nSPS) is 15.6. The van der Waals surface area contributed by atoms with Gasteiger partial charge in [-0.3, -0.25) is 0 Å². The summed E-state index contributed by atoms with van der Waals surface area (Å²) in [5.74, 6) is -4.07. The Labute approximate surface area is 148 Å². The summed E-state index contributed by atoms with van der Waals surface area (Å²) in [6, 6.07) is 3.81. The van der Waals surface area contributed by atoms with Crippen LogP contribution in [0.15, 0.2) is 24.3 Å². The Bertz CT molecular complexity index is 1100. The number of hydrogen-bond donors (Lipinski definition) is 0. The van der Waals surface area contributed by atoms with E-state index < -0.39 is 46.7 Å². The van der Waals surface area contributed by atoms with Gasteiger partial charge in [-0.25, -0.2) is 19.2 Å². The molecule has 0 atom stereocenters. The lowest BCUT2D eigenvalue weighted by molar-refractivity contribution is -0.137. The zero-order valence-electron chi connectivity index (χ0n) is 13.4. The molecule has 6 nitrogen and oxygen atoms in total. The fourth-order valence-corrected chi connectivity index (χ4v) is 3.12. The minimum Gasteiger partial charge on any atom is -0.386 e. The zero-order chi connectivity index (χ0) is 19.7. The van der Waals surface area contributed by atoms with Gasteiger partial charge in [-0.15, -0.1) is 0 Å². The molecule has 0 fully saturated rings. The third-order valence-electron chi connectivity index (χ3n) is 4.37. The number of halogens is 3. The van der Waals surface area contributed by atoms with Crippen molar-refractivity contribution in [2.75, 3.05) is 0 Å². The van der Waals surface area contributed by atoms with E-state index in [2.05, 4.69) is 9.47 Å². The number of alkyl halides is 3. The molecule has 2 aromatic rings. The first-order valence-electron chi connectivity index (χ1n) is 7.51. The molecule has 2 aromatic carbocycles. The summed E-state index contributed by atoms with van der Waals surface area (Å²) in [6.07, 6.45) is -4.85. The number of aryl methyl sites for hydroxylation is 1. The van der Waals surface area contributed by atoms with E-state index in [1.165, 1.54) is 13.0 Å². The monoisotopic (exact) mass is 376 g/mol. The number of carbonyl (C=O) groups is 4. The van der Waals surface area contributed by atoms with Crippen molar-refractivity contribution in [3.8, 4) is 11.1 Å². The minimum absolute atomic E-state index is 0.0253. The van der Waals surface area contributed by atoms with Gasteiger partial charge in [0.05, 0.1) is 27.8 Å². The highest BCUT2D eigenvalue weighted by Gasteiger charge is 2.40. The highest BCUT2D eigenvalue weighted by molar-refractivity contribution is 6.17. The summed E-state index contributed by atoms with van der Waals surface area (Å²) >= 11 is 0. The fourth-order valence-electron chi connectivity index (χ4n) is 3.12. The highest BCUT2D eigenvalue weighted by atomic mass is 19.4. The Morgan fingerprint density at radius 2 is 1.04 bits per heavy atom. The van der Waals surface area contributed by atoms with E-state index in [0.717, 1.165) is 12.1 Å². The molecule has 136 valence electrons. The van der Waals surface area contributed by atoms with Crippen LogP contribution in [0.25, 0.3) is 11.1 Å². The van der Waals surface area contributed by atoms with Crippen molar-refractivity contribution in [2.24, 2.45) is 0 Å². The molecule has 0 saturated heterocycles. The summed E-state index contributed by atoms with van der Waals surface area (Å²) in [7, 11) is 0. The second kappa shape index (κ2) is 5.26. The summed E-state index contributed by atoms with van der Waals surface area (Å²) in [5.41, 5.74) is -2.37. The maximum Gasteiger partial charge on any atom is 0.417 e. The van der Waals surface area contributed by atoms with Gasteiger partial charge in [0.2, 0.25) is 0 Å². The van der Waals surface area contributed by atoms with E-state index in [1.807, 2.05) is 0 Å². The van der Waals surface area contributed by atoms with Crippen molar-refractivity contribution < 1.29 is 41.8 Å². The number of rotatable bonds is 1. The Morgan fingerprint density at radius 1 is 0.630 bits per heavy atom. The van der Waals surface area contributed by atoms with Crippen molar-refractivity contribution in [1.82, 2.24) is 0 Å². The van der Waals surface area contributed by atoms with Crippen LogP contribution < -0.4 is 0 Å². The standard InChI is InChI=1S/C18H7F3O6/c1-6-2-9-10(15(23)26-14(9)22)3-7(6)8-4-11-12(17(25)27-16(11)24)5-13(8)18(19,20)21/h2-5H,1H3. The molecule has 0 aromatic heterocycles. The molecular formula is C18H7F3O6. The number of hydrogen-bond acceptors (Lipinski definition) is 6. The van der Waals surface area contributed by atoms with Crippen molar-refractivity contribution in [3.63, 3.8) is 0 Å². The maximum absolute atomic E-state index is 13.6. The van der Waals surface area contributed by atoms with Gasteiger partial charge in [-0.1, -0.05) is 0 Å². The predicted octanol–water partition coefficient (Wildman–Crippen LogP) is 3.30. The fraction of sp³-hybridized carbons (Fsp3) is 0.111. The van der Waals surface area contributed by atoms with Crippen LogP contribution in [0.3, 0.4) is 0 Å². The van der Waals surface area contributed by atoms with Crippen molar-refractivity contribution in [1.29, 1.82) is 0 Å². The van der Waals surface area contributed by atoms with Crippen LogP contribution in [0.4, 0.5) is 13.2 Å².